The maximum absolute atomic E-state index is 12.5. The third kappa shape index (κ3) is 5.16. The van der Waals surface area contributed by atoms with Gasteiger partial charge in [-0.25, -0.2) is 4.98 Å². The Kier molecular flexibility index (Phi) is 6.61. The van der Waals surface area contributed by atoms with Gasteiger partial charge < -0.3 is 10.2 Å². The number of unbranched alkanes of at least 4 members (excludes halogenated alkanes) is 1. The molecule has 146 valence electrons. The summed E-state index contributed by atoms with van der Waals surface area (Å²) in [6.07, 6.45) is 6.15. The lowest BCUT2D eigenvalue weighted by Gasteiger charge is -2.30. The number of nitrogens with one attached hydrogen (secondary N) is 1. The van der Waals surface area contributed by atoms with Gasteiger partial charge >= 0.3 is 0 Å². The van der Waals surface area contributed by atoms with Gasteiger partial charge in [0.1, 0.15) is 6.54 Å². The highest BCUT2D eigenvalue weighted by molar-refractivity contribution is 5.81. The summed E-state index contributed by atoms with van der Waals surface area (Å²) >= 11 is 0. The van der Waals surface area contributed by atoms with E-state index >= 15 is 0 Å². The van der Waals surface area contributed by atoms with Crippen LogP contribution < -0.4 is 10.9 Å². The second-order valence-corrected chi connectivity index (χ2v) is 7.75. The quantitative estimate of drug-likeness (QED) is 0.760. The normalized spacial score (nSPS) is 17.9. The van der Waals surface area contributed by atoms with Crippen molar-refractivity contribution in [1.29, 1.82) is 0 Å². The van der Waals surface area contributed by atoms with Crippen molar-refractivity contribution in [2.75, 3.05) is 26.2 Å². The minimum atomic E-state index is -0.168. The zero-order chi connectivity index (χ0) is 19.2. The molecule has 1 atom stereocenters. The van der Waals surface area contributed by atoms with Gasteiger partial charge in [0.05, 0.1) is 17.2 Å². The monoisotopic (exact) mass is 370 g/mol. The molecule has 0 saturated carbocycles. The number of carbonyl (C=O) groups is 1. The third-order valence-electron chi connectivity index (χ3n) is 5.33. The van der Waals surface area contributed by atoms with Crippen molar-refractivity contribution in [3.8, 4) is 0 Å². The number of hydrogen-bond donors (Lipinski definition) is 1. The Hall–Kier alpha value is -2.21. The Balaban J connectivity index is 1.44. The molecule has 2 aromatic rings. The molecule has 3 rings (SSSR count). The number of fused-ring (bicyclic) bond motifs is 1. The number of nitrogens with zero attached hydrogens (tertiary/aromatic N) is 3. The van der Waals surface area contributed by atoms with E-state index in [0.29, 0.717) is 17.4 Å². The zero-order valence-electron chi connectivity index (χ0n) is 16.4. The fraction of sp³-hybridized carbons (Fsp3) is 0.571. The number of amides is 1. The summed E-state index contributed by atoms with van der Waals surface area (Å²) in [4.78, 5) is 31.6. The average Bonchev–Trinajstić information content (AvgIpc) is 2.64. The van der Waals surface area contributed by atoms with Crippen LogP contribution >= 0.6 is 0 Å². The van der Waals surface area contributed by atoms with Crippen LogP contribution in [0.3, 0.4) is 0 Å². The lowest BCUT2D eigenvalue weighted by atomic mass is 10.0. The molecule has 1 fully saturated rings. The molecular weight excluding hydrogens is 340 g/mol. The molecular formula is C21H30N4O2. The molecule has 0 spiro atoms. The van der Waals surface area contributed by atoms with Crippen molar-refractivity contribution in [1.82, 2.24) is 19.8 Å². The van der Waals surface area contributed by atoms with Gasteiger partial charge in [-0.05, 0) is 63.2 Å². The van der Waals surface area contributed by atoms with Crippen LogP contribution in [-0.2, 0) is 11.3 Å². The predicted octanol–water partition coefficient (Wildman–Crippen LogP) is 2.33. The van der Waals surface area contributed by atoms with E-state index in [-0.39, 0.29) is 18.0 Å². The van der Waals surface area contributed by atoms with Crippen LogP contribution in [0.5, 0.6) is 0 Å². The van der Waals surface area contributed by atoms with Crippen molar-refractivity contribution in [2.45, 2.75) is 46.1 Å². The van der Waals surface area contributed by atoms with Gasteiger partial charge in [0, 0.05) is 13.1 Å². The van der Waals surface area contributed by atoms with Crippen molar-refractivity contribution in [2.24, 2.45) is 5.92 Å². The van der Waals surface area contributed by atoms with E-state index in [9.17, 15) is 9.59 Å². The first kappa shape index (κ1) is 19.5. The van der Waals surface area contributed by atoms with Crippen LogP contribution in [0.1, 0.15) is 38.2 Å². The van der Waals surface area contributed by atoms with E-state index in [1.807, 2.05) is 19.1 Å². The molecule has 1 aromatic heterocycles. The first-order valence-electron chi connectivity index (χ1n) is 9.98. The summed E-state index contributed by atoms with van der Waals surface area (Å²) in [5.74, 6) is 0.661. The van der Waals surface area contributed by atoms with Gasteiger partial charge in [-0.3, -0.25) is 14.2 Å². The molecule has 0 bridgehead atoms. The zero-order valence-corrected chi connectivity index (χ0v) is 16.4. The number of rotatable bonds is 7. The fourth-order valence-corrected chi connectivity index (χ4v) is 3.84. The summed E-state index contributed by atoms with van der Waals surface area (Å²) in [5.41, 5.74) is 1.49. The van der Waals surface area contributed by atoms with E-state index in [1.54, 1.807) is 6.07 Å². The van der Waals surface area contributed by atoms with Crippen LogP contribution in [0.15, 0.2) is 29.3 Å². The maximum Gasteiger partial charge on any atom is 0.261 e. The summed E-state index contributed by atoms with van der Waals surface area (Å²) in [6.45, 7) is 8.41. The largest absolute Gasteiger partial charge is 0.355 e. The van der Waals surface area contributed by atoms with E-state index < -0.39 is 0 Å². The molecule has 1 amide bonds. The molecule has 1 unspecified atom stereocenters. The SMILES string of the molecule is Cc1cccc2c(=O)n(CC(=O)NCCCCN3CCCC(C)C3)cnc12. The molecule has 2 heterocycles. The molecule has 1 aliphatic rings. The number of likely N-dealkylation sites (tertiary alicyclic amines) is 1. The van der Waals surface area contributed by atoms with E-state index in [0.717, 1.165) is 30.9 Å². The smallest absolute Gasteiger partial charge is 0.261 e. The fourth-order valence-electron chi connectivity index (χ4n) is 3.84. The van der Waals surface area contributed by atoms with Gasteiger partial charge in [-0.15, -0.1) is 0 Å². The lowest BCUT2D eigenvalue weighted by molar-refractivity contribution is -0.121. The van der Waals surface area contributed by atoms with E-state index in [4.69, 9.17) is 0 Å². The first-order chi connectivity index (χ1) is 13.0. The van der Waals surface area contributed by atoms with E-state index in [1.165, 1.54) is 36.8 Å². The van der Waals surface area contributed by atoms with Gasteiger partial charge in [-0.2, -0.15) is 0 Å². The second-order valence-electron chi connectivity index (χ2n) is 7.75. The number of hydrogen-bond acceptors (Lipinski definition) is 4. The number of para-hydroxylation sites is 1. The molecule has 1 N–H and O–H groups in total. The maximum atomic E-state index is 12.5. The van der Waals surface area contributed by atoms with Gasteiger partial charge in [0.25, 0.3) is 5.56 Å². The van der Waals surface area contributed by atoms with Crippen LogP contribution in [0.25, 0.3) is 10.9 Å². The number of carbonyl (C=O) groups excluding carboxylic acids is 1. The molecule has 1 saturated heterocycles. The van der Waals surface area contributed by atoms with Crippen molar-refractivity contribution in [3.63, 3.8) is 0 Å². The predicted molar refractivity (Wildman–Crippen MR) is 108 cm³/mol. The van der Waals surface area contributed by atoms with Gasteiger partial charge in [0.2, 0.25) is 5.91 Å². The molecule has 6 nitrogen and oxygen atoms in total. The summed E-state index contributed by atoms with van der Waals surface area (Å²) < 4.78 is 1.38. The molecule has 0 aliphatic carbocycles. The highest BCUT2D eigenvalue weighted by Crippen LogP contribution is 2.15. The number of piperidine rings is 1. The lowest BCUT2D eigenvalue weighted by Crippen LogP contribution is -2.36. The standard InChI is InChI=1S/C21H30N4O2/c1-16-7-6-12-24(13-16)11-4-3-10-22-19(26)14-25-15-23-20-17(2)8-5-9-18(20)21(25)27/h5,8-9,15-16H,3-4,6-7,10-14H2,1-2H3,(H,22,26). The Labute approximate surface area is 160 Å². The summed E-state index contributed by atoms with van der Waals surface area (Å²) in [5, 5.41) is 3.48. The average molecular weight is 370 g/mol. The molecule has 1 aliphatic heterocycles. The highest BCUT2D eigenvalue weighted by atomic mass is 16.2. The Bertz CT molecular complexity index is 846. The summed E-state index contributed by atoms with van der Waals surface area (Å²) in [7, 11) is 0. The van der Waals surface area contributed by atoms with Gasteiger partial charge in [0.15, 0.2) is 0 Å². The van der Waals surface area contributed by atoms with Crippen LogP contribution in [0, 0.1) is 12.8 Å². The topological polar surface area (TPSA) is 67.2 Å². The van der Waals surface area contributed by atoms with Crippen LogP contribution in [-0.4, -0.2) is 46.5 Å². The molecule has 0 radical (unpaired) electrons. The third-order valence-corrected chi connectivity index (χ3v) is 5.33. The number of aromatic nitrogens is 2. The second kappa shape index (κ2) is 9.13. The number of aryl methyl sites for hydroxylation is 1. The van der Waals surface area contributed by atoms with Crippen molar-refractivity contribution < 1.29 is 4.79 Å². The molecule has 27 heavy (non-hydrogen) atoms. The highest BCUT2D eigenvalue weighted by Gasteiger charge is 2.15. The van der Waals surface area contributed by atoms with Crippen molar-refractivity contribution >= 4 is 16.8 Å². The Morgan fingerprint density at radius 2 is 2.19 bits per heavy atom. The molecule has 6 heteroatoms. The minimum Gasteiger partial charge on any atom is -0.355 e. The van der Waals surface area contributed by atoms with Gasteiger partial charge in [-0.1, -0.05) is 19.1 Å². The summed E-state index contributed by atoms with van der Waals surface area (Å²) in [6, 6.07) is 5.53. The van der Waals surface area contributed by atoms with Crippen LogP contribution in [0.4, 0.5) is 0 Å². The van der Waals surface area contributed by atoms with Crippen molar-refractivity contribution in [3.05, 3.63) is 40.4 Å². The Morgan fingerprint density at radius 1 is 1.33 bits per heavy atom. The van der Waals surface area contributed by atoms with E-state index in [2.05, 4.69) is 22.1 Å². The Morgan fingerprint density at radius 3 is 3.00 bits per heavy atom. The van der Waals surface area contributed by atoms with Crippen LogP contribution in [0.2, 0.25) is 0 Å². The molecule has 1 aromatic carbocycles. The minimum absolute atomic E-state index is 0.0132. The first-order valence-corrected chi connectivity index (χ1v) is 9.98. The number of benzene rings is 1.